The molecule has 19 heavy (non-hydrogen) atoms. The van der Waals surface area contributed by atoms with Crippen LogP contribution in [0.25, 0.3) is 0 Å². The minimum Gasteiger partial charge on any atom is -0.372 e. The Hall–Kier alpha value is -1.55. The van der Waals surface area contributed by atoms with Crippen LogP contribution in [0.1, 0.15) is 19.8 Å². The molecule has 0 bridgehead atoms. The molecule has 0 aliphatic carbocycles. The molecule has 3 rings (SSSR count). The summed E-state index contributed by atoms with van der Waals surface area (Å²) in [6, 6.07) is 8.31. The van der Waals surface area contributed by atoms with Crippen molar-refractivity contribution in [3.63, 3.8) is 0 Å². The Balaban J connectivity index is 1.73. The van der Waals surface area contributed by atoms with Crippen molar-refractivity contribution in [1.82, 2.24) is 0 Å². The molecule has 4 nitrogen and oxygen atoms in total. The van der Waals surface area contributed by atoms with Gasteiger partial charge in [0.2, 0.25) is 5.91 Å². The van der Waals surface area contributed by atoms with Crippen molar-refractivity contribution in [3.05, 3.63) is 24.3 Å². The lowest BCUT2D eigenvalue weighted by atomic mass is 10.2. The topological polar surface area (TPSA) is 36.1 Å². The van der Waals surface area contributed by atoms with Gasteiger partial charge >= 0.3 is 0 Å². The number of epoxide rings is 1. The fourth-order valence-electron chi connectivity index (χ4n) is 2.61. The second kappa shape index (κ2) is 5.21. The van der Waals surface area contributed by atoms with Gasteiger partial charge in [-0.05, 0) is 37.1 Å². The number of anilines is 2. The van der Waals surface area contributed by atoms with Gasteiger partial charge in [0.25, 0.3) is 0 Å². The zero-order chi connectivity index (χ0) is 13.2. The van der Waals surface area contributed by atoms with Gasteiger partial charge in [-0.25, -0.2) is 0 Å². The number of ether oxygens (including phenoxy) is 1. The first-order valence-corrected chi connectivity index (χ1v) is 6.99. The summed E-state index contributed by atoms with van der Waals surface area (Å²) in [7, 11) is 0. The predicted octanol–water partition coefficient (Wildman–Crippen LogP) is 2.04. The molecule has 4 heteroatoms. The first-order valence-electron chi connectivity index (χ1n) is 6.99. The van der Waals surface area contributed by atoms with Crippen molar-refractivity contribution >= 4 is 17.3 Å². The van der Waals surface area contributed by atoms with Crippen molar-refractivity contribution < 1.29 is 9.53 Å². The SMILES string of the molecule is CC(=O)N(CC1CO1)c1ccc(N2CCCC2)cc1. The highest BCUT2D eigenvalue weighted by atomic mass is 16.6. The molecule has 2 fully saturated rings. The Kier molecular flexibility index (Phi) is 3.42. The van der Waals surface area contributed by atoms with Gasteiger partial charge in [-0.3, -0.25) is 4.79 Å². The molecule has 2 heterocycles. The lowest BCUT2D eigenvalue weighted by molar-refractivity contribution is -0.116. The monoisotopic (exact) mass is 260 g/mol. The van der Waals surface area contributed by atoms with E-state index in [0.717, 1.165) is 25.4 Å². The quantitative estimate of drug-likeness (QED) is 0.777. The van der Waals surface area contributed by atoms with Crippen molar-refractivity contribution in [1.29, 1.82) is 0 Å². The third-order valence-electron chi connectivity index (χ3n) is 3.80. The van der Waals surface area contributed by atoms with E-state index < -0.39 is 0 Å². The highest BCUT2D eigenvalue weighted by molar-refractivity contribution is 5.91. The third kappa shape index (κ3) is 2.89. The van der Waals surface area contributed by atoms with Gasteiger partial charge < -0.3 is 14.5 Å². The molecule has 1 aromatic rings. The predicted molar refractivity (Wildman–Crippen MR) is 75.7 cm³/mol. The Morgan fingerprint density at radius 3 is 2.47 bits per heavy atom. The smallest absolute Gasteiger partial charge is 0.223 e. The van der Waals surface area contributed by atoms with E-state index in [1.165, 1.54) is 18.5 Å². The average Bonchev–Trinajstić information content (AvgIpc) is 3.07. The Bertz CT molecular complexity index is 448. The van der Waals surface area contributed by atoms with Crippen LogP contribution in [0.5, 0.6) is 0 Å². The fourth-order valence-corrected chi connectivity index (χ4v) is 2.61. The summed E-state index contributed by atoms with van der Waals surface area (Å²) in [5.41, 5.74) is 2.22. The fraction of sp³-hybridized carbons (Fsp3) is 0.533. The van der Waals surface area contributed by atoms with Gasteiger partial charge in [0.05, 0.1) is 19.3 Å². The number of amides is 1. The zero-order valence-corrected chi connectivity index (χ0v) is 11.3. The molecule has 0 saturated carbocycles. The van der Waals surface area contributed by atoms with Crippen LogP contribution in [0.3, 0.4) is 0 Å². The molecule has 1 aromatic carbocycles. The summed E-state index contributed by atoms with van der Waals surface area (Å²) in [6.07, 6.45) is 2.78. The van der Waals surface area contributed by atoms with E-state index in [1.807, 2.05) is 12.1 Å². The largest absolute Gasteiger partial charge is 0.372 e. The van der Waals surface area contributed by atoms with Crippen LogP contribution in [0.2, 0.25) is 0 Å². The normalized spacial score (nSPS) is 21.5. The number of rotatable bonds is 4. The highest BCUT2D eigenvalue weighted by Gasteiger charge is 2.27. The third-order valence-corrected chi connectivity index (χ3v) is 3.80. The van der Waals surface area contributed by atoms with Crippen LogP contribution >= 0.6 is 0 Å². The van der Waals surface area contributed by atoms with Crippen LogP contribution < -0.4 is 9.80 Å². The van der Waals surface area contributed by atoms with Gasteiger partial charge in [0, 0.05) is 31.4 Å². The molecule has 2 aliphatic rings. The molecule has 2 saturated heterocycles. The lowest BCUT2D eigenvalue weighted by Gasteiger charge is -2.22. The minimum atomic E-state index is 0.0735. The average molecular weight is 260 g/mol. The van der Waals surface area contributed by atoms with Crippen molar-refractivity contribution in [2.75, 3.05) is 36.0 Å². The molecule has 1 atom stereocenters. The van der Waals surface area contributed by atoms with E-state index in [9.17, 15) is 4.79 Å². The summed E-state index contributed by atoms with van der Waals surface area (Å²) in [4.78, 5) is 15.9. The maximum atomic E-state index is 11.7. The molecule has 1 unspecified atom stereocenters. The minimum absolute atomic E-state index is 0.0735. The summed E-state index contributed by atoms with van der Waals surface area (Å²) in [6.45, 7) is 5.34. The van der Waals surface area contributed by atoms with E-state index >= 15 is 0 Å². The van der Waals surface area contributed by atoms with Gasteiger partial charge in [-0.1, -0.05) is 0 Å². The van der Waals surface area contributed by atoms with E-state index in [-0.39, 0.29) is 12.0 Å². The van der Waals surface area contributed by atoms with Crippen LogP contribution in [0.15, 0.2) is 24.3 Å². The van der Waals surface area contributed by atoms with E-state index in [4.69, 9.17) is 4.74 Å². The van der Waals surface area contributed by atoms with E-state index in [2.05, 4.69) is 17.0 Å². The molecule has 0 spiro atoms. The van der Waals surface area contributed by atoms with E-state index in [0.29, 0.717) is 6.54 Å². The van der Waals surface area contributed by atoms with Gasteiger partial charge in [0.1, 0.15) is 0 Å². The Labute approximate surface area is 113 Å². The van der Waals surface area contributed by atoms with Gasteiger partial charge in [-0.2, -0.15) is 0 Å². The second-order valence-electron chi connectivity index (χ2n) is 5.30. The van der Waals surface area contributed by atoms with Crippen LogP contribution in [0.4, 0.5) is 11.4 Å². The summed E-state index contributed by atoms with van der Waals surface area (Å²) in [5, 5.41) is 0. The maximum absolute atomic E-state index is 11.7. The number of carbonyl (C=O) groups excluding carboxylic acids is 1. The number of benzene rings is 1. The number of nitrogens with zero attached hydrogens (tertiary/aromatic N) is 2. The molecular weight excluding hydrogens is 240 g/mol. The molecule has 2 aliphatic heterocycles. The van der Waals surface area contributed by atoms with Gasteiger partial charge in [0.15, 0.2) is 0 Å². The molecule has 0 aromatic heterocycles. The summed E-state index contributed by atoms with van der Waals surface area (Å²) < 4.78 is 5.21. The molecule has 0 N–H and O–H groups in total. The maximum Gasteiger partial charge on any atom is 0.223 e. The van der Waals surface area contributed by atoms with Crippen LogP contribution in [0, 0.1) is 0 Å². The zero-order valence-electron chi connectivity index (χ0n) is 11.3. The summed E-state index contributed by atoms with van der Waals surface area (Å²) in [5.74, 6) is 0.0735. The number of carbonyl (C=O) groups is 1. The highest BCUT2D eigenvalue weighted by Crippen LogP contribution is 2.25. The first-order chi connectivity index (χ1) is 9.24. The lowest BCUT2D eigenvalue weighted by Crippen LogP contribution is -2.32. The van der Waals surface area contributed by atoms with Crippen molar-refractivity contribution in [2.45, 2.75) is 25.9 Å². The molecular formula is C15H20N2O2. The number of hydrogen-bond acceptors (Lipinski definition) is 3. The Morgan fingerprint density at radius 1 is 1.32 bits per heavy atom. The second-order valence-corrected chi connectivity index (χ2v) is 5.30. The summed E-state index contributed by atoms with van der Waals surface area (Å²) >= 11 is 0. The molecule has 102 valence electrons. The Morgan fingerprint density at radius 2 is 1.95 bits per heavy atom. The van der Waals surface area contributed by atoms with E-state index in [1.54, 1.807) is 11.8 Å². The molecule has 1 amide bonds. The van der Waals surface area contributed by atoms with Crippen molar-refractivity contribution in [2.24, 2.45) is 0 Å². The van der Waals surface area contributed by atoms with Crippen LogP contribution in [-0.2, 0) is 9.53 Å². The van der Waals surface area contributed by atoms with Crippen LogP contribution in [-0.4, -0.2) is 38.3 Å². The number of hydrogen-bond donors (Lipinski definition) is 0. The van der Waals surface area contributed by atoms with Gasteiger partial charge in [-0.15, -0.1) is 0 Å². The van der Waals surface area contributed by atoms with Crippen molar-refractivity contribution in [3.8, 4) is 0 Å². The molecule has 0 radical (unpaired) electrons. The first kappa shape index (κ1) is 12.5. The standard InChI is InChI=1S/C15H20N2O2/c1-12(18)17(10-15-11-19-15)14-6-4-13(5-7-14)16-8-2-3-9-16/h4-7,15H,2-3,8-11H2,1H3.